The Morgan fingerprint density at radius 2 is 2.25 bits per heavy atom. The molecule has 2 aromatic rings. The van der Waals surface area contributed by atoms with Gasteiger partial charge in [0.15, 0.2) is 0 Å². The molecular weight excluding hydrogens is 206 g/mol. The highest BCUT2D eigenvalue weighted by Crippen LogP contribution is 2.15. The van der Waals surface area contributed by atoms with Gasteiger partial charge in [0.05, 0.1) is 12.2 Å². The Hall–Kier alpha value is -2.05. The number of aromatic nitrogens is 6. The number of rotatable bonds is 3. The third-order valence-electron chi connectivity index (χ3n) is 2.25. The molecule has 84 valence electrons. The zero-order valence-electron chi connectivity index (χ0n) is 9.20. The van der Waals surface area contributed by atoms with Crippen molar-refractivity contribution in [2.45, 2.75) is 26.3 Å². The van der Waals surface area contributed by atoms with Crippen molar-refractivity contribution < 1.29 is 0 Å². The fourth-order valence-corrected chi connectivity index (χ4v) is 1.51. The van der Waals surface area contributed by atoms with Gasteiger partial charge in [0.25, 0.3) is 0 Å². The quantitative estimate of drug-likeness (QED) is 0.789. The lowest BCUT2D eigenvalue weighted by Gasteiger charge is -2.10. The SMILES string of the molecule is Cc1cc(C(C)Cn2cnnn2)nc(N)n1. The van der Waals surface area contributed by atoms with Crippen LogP contribution >= 0.6 is 0 Å². The van der Waals surface area contributed by atoms with Crippen molar-refractivity contribution in [3.8, 4) is 0 Å². The minimum atomic E-state index is 0.187. The first-order valence-corrected chi connectivity index (χ1v) is 4.97. The Bertz CT molecular complexity index is 444. The number of hydrogen-bond acceptors (Lipinski definition) is 6. The zero-order chi connectivity index (χ0) is 11.5. The standard InChI is InChI=1S/C9H13N7/c1-6(4-16-5-11-14-15-16)8-3-7(2)12-9(10)13-8/h3,5-6H,4H2,1-2H3,(H2,10,12,13). The largest absolute Gasteiger partial charge is 0.368 e. The van der Waals surface area contributed by atoms with E-state index in [1.807, 2.05) is 19.9 Å². The Labute approximate surface area is 92.7 Å². The smallest absolute Gasteiger partial charge is 0.220 e. The van der Waals surface area contributed by atoms with Crippen LogP contribution in [-0.4, -0.2) is 30.2 Å². The highest BCUT2D eigenvalue weighted by atomic mass is 15.5. The van der Waals surface area contributed by atoms with Gasteiger partial charge in [-0.15, -0.1) is 5.10 Å². The monoisotopic (exact) mass is 219 g/mol. The maximum absolute atomic E-state index is 5.60. The van der Waals surface area contributed by atoms with Gasteiger partial charge in [-0.1, -0.05) is 6.92 Å². The molecule has 0 radical (unpaired) electrons. The van der Waals surface area contributed by atoms with Crippen molar-refractivity contribution >= 4 is 5.95 Å². The summed E-state index contributed by atoms with van der Waals surface area (Å²) in [6.07, 6.45) is 1.58. The van der Waals surface area contributed by atoms with E-state index in [0.29, 0.717) is 12.5 Å². The fourth-order valence-electron chi connectivity index (χ4n) is 1.51. The van der Waals surface area contributed by atoms with Crippen LogP contribution in [0.3, 0.4) is 0 Å². The van der Waals surface area contributed by atoms with E-state index < -0.39 is 0 Å². The van der Waals surface area contributed by atoms with Crippen LogP contribution in [0, 0.1) is 6.92 Å². The molecule has 2 aromatic heterocycles. The van der Waals surface area contributed by atoms with Crippen molar-refractivity contribution in [2.24, 2.45) is 0 Å². The molecule has 0 spiro atoms. The second-order valence-electron chi connectivity index (χ2n) is 3.73. The minimum absolute atomic E-state index is 0.187. The second-order valence-corrected chi connectivity index (χ2v) is 3.73. The van der Waals surface area contributed by atoms with Gasteiger partial charge in [-0.05, 0) is 23.4 Å². The van der Waals surface area contributed by atoms with E-state index in [2.05, 4.69) is 25.5 Å². The lowest BCUT2D eigenvalue weighted by molar-refractivity contribution is 0.519. The Kier molecular flexibility index (Phi) is 2.76. The summed E-state index contributed by atoms with van der Waals surface area (Å²) in [5.74, 6) is 0.492. The van der Waals surface area contributed by atoms with E-state index in [0.717, 1.165) is 11.4 Å². The number of anilines is 1. The summed E-state index contributed by atoms with van der Waals surface area (Å²) in [5, 5.41) is 11.0. The summed E-state index contributed by atoms with van der Waals surface area (Å²) in [4.78, 5) is 8.23. The van der Waals surface area contributed by atoms with E-state index in [4.69, 9.17) is 5.73 Å². The molecule has 0 amide bonds. The predicted molar refractivity (Wildman–Crippen MR) is 57.4 cm³/mol. The Balaban J connectivity index is 2.17. The van der Waals surface area contributed by atoms with Crippen LogP contribution in [0.1, 0.15) is 24.2 Å². The lowest BCUT2D eigenvalue weighted by Crippen LogP contribution is -2.10. The van der Waals surface area contributed by atoms with Crippen LogP contribution in [-0.2, 0) is 6.54 Å². The van der Waals surface area contributed by atoms with Crippen LogP contribution in [0.25, 0.3) is 0 Å². The third-order valence-corrected chi connectivity index (χ3v) is 2.25. The topological polar surface area (TPSA) is 95.4 Å². The number of nitrogens with two attached hydrogens (primary N) is 1. The molecule has 0 aromatic carbocycles. The van der Waals surface area contributed by atoms with Crippen LogP contribution in [0.15, 0.2) is 12.4 Å². The molecule has 0 bridgehead atoms. The molecule has 2 N–H and O–H groups in total. The first-order valence-electron chi connectivity index (χ1n) is 4.97. The molecule has 0 aliphatic carbocycles. The summed E-state index contributed by atoms with van der Waals surface area (Å²) in [7, 11) is 0. The average molecular weight is 219 g/mol. The molecule has 2 rings (SSSR count). The van der Waals surface area contributed by atoms with Gasteiger partial charge in [0, 0.05) is 11.6 Å². The first kappa shape index (κ1) is 10.5. The predicted octanol–water partition coefficient (Wildman–Crippen LogP) is 0.157. The summed E-state index contributed by atoms with van der Waals surface area (Å²) in [6.45, 7) is 4.61. The normalized spacial score (nSPS) is 12.6. The van der Waals surface area contributed by atoms with Gasteiger partial charge in [-0.2, -0.15) is 0 Å². The summed E-state index contributed by atoms with van der Waals surface area (Å²) in [6, 6.07) is 1.92. The Morgan fingerprint density at radius 1 is 1.44 bits per heavy atom. The molecule has 0 aliphatic rings. The van der Waals surface area contributed by atoms with Gasteiger partial charge in [0.2, 0.25) is 5.95 Å². The number of hydrogen-bond donors (Lipinski definition) is 1. The summed E-state index contributed by atoms with van der Waals surface area (Å²) >= 11 is 0. The van der Waals surface area contributed by atoms with Gasteiger partial charge >= 0.3 is 0 Å². The highest BCUT2D eigenvalue weighted by Gasteiger charge is 2.10. The summed E-state index contributed by atoms with van der Waals surface area (Å²) in [5.41, 5.74) is 7.37. The van der Waals surface area contributed by atoms with E-state index in [1.165, 1.54) is 0 Å². The van der Waals surface area contributed by atoms with Crippen LogP contribution in [0.2, 0.25) is 0 Å². The maximum atomic E-state index is 5.60. The van der Waals surface area contributed by atoms with E-state index in [-0.39, 0.29) is 5.92 Å². The summed E-state index contributed by atoms with van der Waals surface area (Å²) < 4.78 is 1.66. The number of tetrazole rings is 1. The van der Waals surface area contributed by atoms with Crippen molar-refractivity contribution in [1.82, 2.24) is 30.2 Å². The third kappa shape index (κ3) is 2.30. The van der Waals surface area contributed by atoms with Crippen molar-refractivity contribution in [3.63, 3.8) is 0 Å². The van der Waals surface area contributed by atoms with E-state index in [9.17, 15) is 0 Å². The molecule has 7 nitrogen and oxygen atoms in total. The molecule has 0 saturated heterocycles. The zero-order valence-corrected chi connectivity index (χ0v) is 9.20. The van der Waals surface area contributed by atoms with Crippen LogP contribution in [0.4, 0.5) is 5.95 Å². The van der Waals surface area contributed by atoms with Gasteiger partial charge in [-0.3, -0.25) is 0 Å². The molecule has 2 heterocycles. The molecule has 0 aliphatic heterocycles. The number of nitrogens with zero attached hydrogens (tertiary/aromatic N) is 6. The Morgan fingerprint density at radius 3 is 2.88 bits per heavy atom. The fraction of sp³-hybridized carbons (Fsp3) is 0.444. The van der Waals surface area contributed by atoms with Gasteiger partial charge in [0.1, 0.15) is 6.33 Å². The number of aryl methyl sites for hydroxylation is 1. The molecule has 16 heavy (non-hydrogen) atoms. The van der Waals surface area contributed by atoms with Crippen LogP contribution < -0.4 is 5.73 Å². The van der Waals surface area contributed by atoms with Crippen molar-refractivity contribution in [3.05, 3.63) is 23.8 Å². The molecular formula is C9H13N7. The molecule has 1 atom stereocenters. The highest BCUT2D eigenvalue weighted by molar-refractivity contribution is 5.23. The minimum Gasteiger partial charge on any atom is -0.368 e. The van der Waals surface area contributed by atoms with Crippen LogP contribution in [0.5, 0.6) is 0 Å². The molecule has 0 saturated carbocycles. The van der Waals surface area contributed by atoms with Crippen molar-refractivity contribution in [1.29, 1.82) is 0 Å². The molecule has 7 heteroatoms. The maximum Gasteiger partial charge on any atom is 0.220 e. The van der Waals surface area contributed by atoms with Gasteiger partial charge < -0.3 is 5.73 Å². The van der Waals surface area contributed by atoms with Crippen molar-refractivity contribution in [2.75, 3.05) is 5.73 Å². The molecule has 1 unspecified atom stereocenters. The average Bonchev–Trinajstić information content (AvgIpc) is 2.68. The van der Waals surface area contributed by atoms with Gasteiger partial charge in [-0.25, -0.2) is 14.6 Å². The van der Waals surface area contributed by atoms with E-state index >= 15 is 0 Å². The first-order chi connectivity index (χ1) is 7.65. The second kappa shape index (κ2) is 4.21. The number of nitrogen functional groups attached to an aromatic ring is 1. The van der Waals surface area contributed by atoms with E-state index in [1.54, 1.807) is 11.0 Å². The molecule has 0 fully saturated rings. The lowest BCUT2D eigenvalue weighted by atomic mass is 10.1.